The summed E-state index contributed by atoms with van der Waals surface area (Å²) in [5.41, 5.74) is -0.289. The minimum absolute atomic E-state index is 0.0417. The van der Waals surface area contributed by atoms with E-state index in [0.717, 1.165) is 19.3 Å². The number of rotatable bonds is 5. The normalized spacial score (nSPS) is 32.9. The average Bonchev–Trinajstić information content (AvgIpc) is 3.32. The first-order valence-electron chi connectivity index (χ1n) is 12.4. The molecule has 0 unspecified atom stereocenters. The molecule has 4 aliphatic carbocycles. The number of benzene rings is 1. The number of nitrogens with zero attached hydrogens (tertiary/aromatic N) is 2. The molecule has 2 heterocycles. The molecule has 1 N–H and O–H groups in total. The Hall–Kier alpha value is -2.66. The van der Waals surface area contributed by atoms with Gasteiger partial charge in [-0.2, -0.15) is 0 Å². The van der Waals surface area contributed by atoms with Gasteiger partial charge >= 0.3 is 6.36 Å². The van der Waals surface area contributed by atoms with Gasteiger partial charge in [0, 0.05) is 21.9 Å². The van der Waals surface area contributed by atoms with Gasteiger partial charge in [-0.1, -0.05) is 11.6 Å². The van der Waals surface area contributed by atoms with Crippen LogP contribution in [-0.4, -0.2) is 46.0 Å². The van der Waals surface area contributed by atoms with Gasteiger partial charge in [0.2, 0.25) is 11.8 Å². The van der Waals surface area contributed by atoms with E-state index >= 15 is 0 Å². The van der Waals surface area contributed by atoms with Crippen LogP contribution in [0, 0.1) is 0 Å². The number of aromatic nitrogens is 2. The smallest absolute Gasteiger partial charge is 0.479 e. The lowest BCUT2D eigenvalue weighted by molar-refractivity contribution is -0.352. The number of fused-ring (bicyclic) bond motifs is 4. The Morgan fingerprint density at radius 2 is 1.81 bits per heavy atom. The van der Waals surface area contributed by atoms with Gasteiger partial charge in [-0.15, -0.1) is 23.4 Å². The van der Waals surface area contributed by atoms with Gasteiger partial charge in [-0.25, -0.2) is 0 Å². The van der Waals surface area contributed by atoms with Crippen LogP contribution in [0.1, 0.15) is 85.8 Å². The van der Waals surface area contributed by atoms with Crippen molar-refractivity contribution < 1.29 is 36.7 Å². The topological polar surface area (TPSA) is 104 Å². The molecule has 2 bridgehead atoms. The first-order valence-corrected chi connectivity index (χ1v) is 12.8. The highest BCUT2D eigenvalue weighted by Crippen LogP contribution is 2.54. The molecular formula is C25H25ClF3N3O5. The number of nitrogens with one attached hydrogen (secondary N) is 1. The maximum atomic E-state index is 13.1. The van der Waals surface area contributed by atoms with Gasteiger partial charge in [0.25, 0.3) is 5.91 Å². The number of ketones is 1. The molecule has 8 nitrogen and oxygen atoms in total. The fraction of sp³-hybridized carbons (Fsp3) is 0.600. The highest BCUT2D eigenvalue weighted by molar-refractivity contribution is 6.31. The van der Waals surface area contributed by atoms with Crippen LogP contribution in [0.3, 0.4) is 0 Å². The fourth-order valence-corrected chi connectivity index (χ4v) is 6.32. The molecule has 0 radical (unpaired) electrons. The molecule has 1 atom stereocenters. The van der Waals surface area contributed by atoms with Crippen molar-refractivity contribution in [2.75, 3.05) is 0 Å². The summed E-state index contributed by atoms with van der Waals surface area (Å²) < 4.78 is 53.0. The highest BCUT2D eigenvalue weighted by atomic mass is 35.5. The zero-order valence-corrected chi connectivity index (χ0v) is 20.5. The maximum absolute atomic E-state index is 13.1. The van der Waals surface area contributed by atoms with Crippen LogP contribution in [0.4, 0.5) is 13.2 Å². The molecule has 198 valence electrons. The van der Waals surface area contributed by atoms with Gasteiger partial charge in [-0.3, -0.25) is 14.3 Å². The molecule has 4 saturated carbocycles. The van der Waals surface area contributed by atoms with Crippen molar-refractivity contribution in [2.24, 2.45) is 0 Å². The van der Waals surface area contributed by atoms with Crippen molar-refractivity contribution in [1.29, 1.82) is 0 Å². The quantitative estimate of drug-likeness (QED) is 0.570. The number of carbonyl (C=O) groups excluding carboxylic acids is 2. The lowest BCUT2D eigenvalue weighted by Crippen LogP contribution is -2.60. The van der Waals surface area contributed by atoms with E-state index < -0.39 is 18.6 Å². The minimum Gasteiger partial charge on any atom is -0.479 e. The van der Waals surface area contributed by atoms with Gasteiger partial charge < -0.3 is 14.5 Å². The molecule has 7 rings (SSSR count). The Morgan fingerprint density at radius 1 is 1.11 bits per heavy atom. The van der Waals surface area contributed by atoms with Crippen LogP contribution in [0.15, 0.2) is 22.6 Å². The number of amides is 1. The van der Waals surface area contributed by atoms with Crippen molar-refractivity contribution in [2.45, 2.75) is 93.2 Å². The zero-order valence-electron chi connectivity index (χ0n) is 19.8. The van der Waals surface area contributed by atoms with Crippen molar-refractivity contribution in [3.05, 3.63) is 40.6 Å². The first-order chi connectivity index (χ1) is 17.5. The van der Waals surface area contributed by atoms with Crippen LogP contribution in [0.25, 0.3) is 0 Å². The van der Waals surface area contributed by atoms with Crippen molar-refractivity contribution in [3.63, 3.8) is 0 Å². The van der Waals surface area contributed by atoms with Gasteiger partial charge in [-0.05, 0) is 69.6 Å². The average molecular weight is 540 g/mol. The molecule has 0 saturated heterocycles. The van der Waals surface area contributed by atoms with E-state index in [-0.39, 0.29) is 47.8 Å². The van der Waals surface area contributed by atoms with Gasteiger partial charge in [0.05, 0.1) is 18.1 Å². The lowest BCUT2D eigenvalue weighted by atomic mass is 9.57. The second kappa shape index (κ2) is 8.69. The number of Topliss-reactive ketones (excluding diaryl/α,β-unsaturated/α-hetero) is 1. The largest absolute Gasteiger partial charge is 0.522 e. The molecule has 12 heteroatoms. The number of carbonyl (C=O) groups is 2. The number of alkyl halides is 3. The fourth-order valence-electron chi connectivity index (χ4n) is 6.14. The van der Waals surface area contributed by atoms with E-state index in [0.29, 0.717) is 47.4 Å². The van der Waals surface area contributed by atoms with Crippen molar-refractivity contribution in [1.82, 2.24) is 15.5 Å². The second-order valence-corrected chi connectivity index (χ2v) is 11.2. The molecule has 37 heavy (non-hydrogen) atoms. The Labute approximate surface area is 215 Å². The van der Waals surface area contributed by atoms with Crippen LogP contribution in [-0.2, 0) is 14.9 Å². The van der Waals surface area contributed by atoms with Crippen molar-refractivity contribution >= 4 is 23.3 Å². The summed E-state index contributed by atoms with van der Waals surface area (Å²) in [6.45, 7) is 0. The monoisotopic (exact) mass is 539 g/mol. The summed E-state index contributed by atoms with van der Waals surface area (Å²) in [5, 5.41) is 12.0. The van der Waals surface area contributed by atoms with Crippen molar-refractivity contribution in [3.8, 4) is 5.75 Å². The number of hydrogen-bond acceptors (Lipinski definition) is 7. The summed E-state index contributed by atoms with van der Waals surface area (Å²) in [5.74, 6) is 0.544. The van der Waals surface area contributed by atoms with Crippen LogP contribution in [0.2, 0.25) is 5.02 Å². The summed E-state index contributed by atoms with van der Waals surface area (Å²) in [6.07, 6.45) is -1.67. The van der Waals surface area contributed by atoms with E-state index in [9.17, 15) is 22.8 Å². The molecule has 1 aromatic heterocycles. The molecule has 2 aromatic rings. The maximum Gasteiger partial charge on any atom is 0.522 e. The van der Waals surface area contributed by atoms with Gasteiger partial charge in [0.15, 0.2) is 11.9 Å². The summed E-state index contributed by atoms with van der Waals surface area (Å²) in [6, 6.07) is 4.78. The molecule has 5 aliphatic rings. The number of hydrogen-bond donors (Lipinski definition) is 1. The third kappa shape index (κ3) is 4.60. The molecule has 1 aromatic carbocycles. The molecule has 1 aliphatic heterocycles. The summed E-state index contributed by atoms with van der Waals surface area (Å²) in [4.78, 5) is 25.7. The molecule has 4 fully saturated rings. The Bertz CT molecular complexity index is 1220. The first kappa shape index (κ1) is 24.7. The van der Waals surface area contributed by atoms with Crippen LogP contribution < -0.4 is 10.1 Å². The van der Waals surface area contributed by atoms with E-state index in [1.165, 1.54) is 0 Å². The standard InChI is InChI=1S/C25H25ClF3N3O5/c26-14-1-2-18-16(11-14)17(33)12-19(35-18)20(34)30-24-6-3-23(4-7-24,5-8-24)22-32-31-21(36-22)13-9-15(10-13)37-25(27,28)29/h1-2,11,13,15,19H,3-10,12H2,(H,30,34)/t13-,15+,19-,23?,24?/m1/s1. The summed E-state index contributed by atoms with van der Waals surface area (Å²) >= 11 is 5.98. The molecule has 0 spiro atoms. The predicted molar refractivity (Wildman–Crippen MR) is 122 cm³/mol. The highest BCUT2D eigenvalue weighted by Gasteiger charge is 2.53. The SMILES string of the molecule is O=C1C[C@H](C(=O)NC23CCC(c4nnc([C@H]5C[C@@H](OC(F)(F)F)C5)o4)(CC2)CC3)Oc2ccc(Cl)cc21. The van der Waals surface area contributed by atoms with Crippen LogP contribution in [0.5, 0.6) is 5.75 Å². The van der Waals surface area contributed by atoms with E-state index in [2.05, 4.69) is 20.3 Å². The Morgan fingerprint density at radius 3 is 2.49 bits per heavy atom. The molecular weight excluding hydrogens is 515 g/mol. The predicted octanol–water partition coefficient (Wildman–Crippen LogP) is 5.00. The number of halogens is 4. The minimum atomic E-state index is -4.64. The third-order valence-corrected chi connectivity index (χ3v) is 8.68. The zero-order chi connectivity index (χ0) is 26.0. The Kier molecular flexibility index (Phi) is 5.79. The van der Waals surface area contributed by atoms with E-state index in [1.54, 1.807) is 18.2 Å². The molecule has 1 amide bonds. The van der Waals surface area contributed by atoms with Crippen LogP contribution >= 0.6 is 11.6 Å². The number of ether oxygens (including phenoxy) is 2. The summed E-state index contributed by atoms with van der Waals surface area (Å²) in [7, 11) is 0. The third-order valence-electron chi connectivity index (χ3n) is 8.45. The van der Waals surface area contributed by atoms with E-state index in [4.69, 9.17) is 20.8 Å². The Balaban J connectivity index is 1.06. The van der Waals surface area contributed by atoms with Gasteiger partial charge in [0.1, 0.15) is 5.75 Å². The lowest BCUT2D eigenvalue weighted by Gasteiger charge is -2.52. The second-order valence-electron chi connectivity index (χ2n) is 10.7. The van der Waals surface area contributed by atoms with E-state index in [1.807, 2.05) is 0 Å².